The smallest absolute Gasteiger partial charge is 0.133 e. The summed E-state index contributed by atoms with van der Waals surface area (Å²) in [6.45, 7) is 5.86. The third-order valence-electron chi connectivity index (χ3n) is 2.27. The van der Waals surface area contributed by atoms with E-state index in [9.17, 15) is 0 Å². The van der Waals surface area contributed by atoms with Crippen LogP contribution in [-0.4, -0.2) is 30.2 Å². The van der Waals surface area contributed by atoms with Gasteiger partial charge in [-0.05, 0) is 12.8 Å². The predicted molar refractivity (Wildman–Crippen MR) is 65.8 cm³/mol. The van der Waals surface area contributed by atoms with Crippen molar-refractivity contribution in [2.75, 3.05) is 25.6 Å². The molecule has 4 nitrogen and oxygen atoms in total. The summed E-state index contributed by atoms with van der Waals surface area (Å²) in [7, 11) is 1.69. The SMILES string of the molecule is CCCNc1cc(CC)nc(CCOC)n1. The lowest BCUT2D eigenvalue weighted by Crippen LogP contribution is -2.08. The summed E-state index contributed by atoms with van der Waals surface area (Å²) >= 11 is 0. The predicted octanol–water partition coefficient (Wildman–Crippen LogP) is 2.05. The highest BCUT2D eigenvalue weighted by atomic mass is 16.5. The van der Waals surface area contributed by atoms with Crippen LogP contribution in [0.25, 0.3) is 0 Å². The minimum atomic E-state index is 0.667. The first-order chi connectivity index (χ1) is 7.80. The average Bonchev–Trinajstić information content (AvgIpc) is 2.33. The zero-order chi connectivity index (χ0) is 11.8. The van der Waals surface area contributed by atoms with Crippen LogP contribution < -0.4 is 5.32 Å². The second-order valence-corrected chi connectivity index (χ2v) is 3.68. The van der Waals surface area contributed by atoms with Gasteiger partial charge in [-0.3, -0.25) is 0 Å². The maximum Gasteiger partial charge on any atom is 0.133 e. The van der Waals surface area contributed by atoms with E-state index in [1.807, 2.05) is 6.07 Å². The molecule has 0 aliphatic carbocycles. The monoisotopic (exact) mass is 223 g/mol. The molecule has 1 N–H and O–H groups in total. The number of methoxy groups -OCH3 is 1. The van der Waals surface area contributed by atoms with Crippen molar-refractivity contribution in [3.05, 3.63) is 17.6 Å². The van der Waals surface area contributed by atoms with E-state index in [2.05, 4.69) is 29.1 Å². The fourth-order valence-electron chi connectivity index (χ4n) is 1.38. The van der Waals surface area contributed by atoms with Crippen LogP contribution in [0.4, 0.5) is 5.82 Å². The van der Waals surface area contributed by atoms with Gasteiger partial charge in [0.1, 0.15) is 11.6 Å². The zero-order valence-electron chi connectivity index (χ0n) is 10.4. The van der Waals surface area contributed by atoms with E-state index in [1.54, 1.807) is 7.11 Å². The maximum atomic E-state index is 5.04. The highest BCUT2D eigenvalue weighted by Gasteiger charge is 2.03. The molecule has 0 aliphatic heterocycles. The standard InChI is InChI=1S/C12H21N3O/c1-4-7-13-12-9-10(5-2)14-11(15-12)6-8-16-3/h9H,4-8H2,1-3H3,(H,13,14,15). The van der Waals surface area contributed by atoms with Crippen molar-refractivity contribution in [1.29, 1.82) is 0 Å². The number of anilines is 1. The van der Waals surface area contributed by atoms with Gasteiger partial charge in [0.2, 0.25) is 0 Å². The van der Waals surface area contributed by atoms with E-state index in [4.69, 9.17) is 4.74 Å². The molecule has 1 aromatic rings. The number of ether oxygens (including phenoxy) is 1. The number of hydrogen-bond donors (Lipinski definition) is 1. The molecular weight excluding hydrogens is 202 g/mol. The van der Waals surface area contributed by atoms with Crippen molar-refractivity contribution < 1.29 is 4.74 Å². The molecule has 16 heavy (non-hydrogen) atoms. The second-order valence-electron chi connectivity index (χ2n) is 3.68. The molecule has 4 heteroatoms. The van der Waals surface area contributed by atoms with Gasteiger partial charge in [-0.25, -0.2) is 9.97 Å². The van der Waals surface area contributed by atoms with Crippen LogP contribution in [0.15, 0.2) is 6.07 Å². The van der Waals surface area contributed by atoms with Crippen molar-refractivity contribution in [3.63, 3.8) is 0 Å². The highest BCUT2D eigenvalue weighted by Crippen LogP contribution is 2.08. The first-order valence-corrected chi connectivity index (χ1v) is 5.89. The minimum absolute atomic E-state index is 0.667. The van der Waals surface area contributed by atoms with Gasteiger partial charge < -0.3 is 10.1 Å². The minimum Gasteiger partial charge on any atom is -0.384 e. The van der Waals surface area contributed by atoms with Gasteiger partial charge in [-0.15, -0.1) is 0 Å². The maximum absolute atomic E-state index is 5.04. The molecule has 0 spiro atoms. The first-order valence-electron chi connectivity index (χ1n) is 5.89. The Bertz CT molecular complexity index is 289. The fraction of sp³-hybridized carbons (Fsp3) is 0.667. The van der Waals surface area contributed by atoms with Crippen molar-refractivity contribution in [2.24, 2.45) is 0 Å². The van der Waals surface area contributed by atoms with Crippen molar-refractivity contribution >= 4 is 5.82 Å². The molecule has 1 rings (SSSR count). The molecule has 90 valence electrons. The lowest BCUT2D eigenvalue weighted by Gasteiger charge is -2.08. The molecule has 0 radical (unpaired) electrons. The first kappa shape index (κ1) is 12.9. The lowest BCUT2D eigenvalue weighted by molar-refractivity contribution is 0.200. The van der Waals surface area contributed by atoms with Crippen molar-refractivity contribution in [3.8, 4) is 0 Å². The van der Waals surface area contributed by atoms with Crippen LogP contribution >= 0.6 is 0 Å². The Kier molecular flexibility index (Phi) is 5.78. The second kappa shape index (κ2) is 7.17. The Morgan fingerprint density at radius 2 is 2.12 bits per heavy atom. The van der Waals surface area contributed by atoms with Gasteiger partial charge in [0, 0.05) is 31.8 Å². The summed E-state index contributed by atoms with van der Waals surface area (Å²) in [4.78, 5) is 8.92. The number of nitrogens with one attached hydrogen (secondary N) is 1. The molecule has 0 unspecified atom stereocenters. The fourth-order valence-corrected chi connectivity index (χ4v) is 1.38. The van der Waals surface area contributed by atoms with Crippen LogP contribution in [0, 0.1) is 0 Å². The van der Waals surface area contributed by atoms with Gasteiger partial charge >= 0.3 is 0 Å². The van der Waals surface area contributed by atoms with E-state index in [0.717, 1.165) is 43.1 Å². The quantitative estimate of drug-likeness (QED) is 0.768. The Labute approximate surface area is 97.5 Å². The van der Waals surface area contributed by atoms with Gasteiger partial charge in [-0.1, -0.05) is 13.8 Å². The topological polar surface area (TPSA) is 47.0 Å². The third kappa shape index (κ3) is 4.14. The largest absolute Gasteiger partial charge is 0.384 e. The summed E-state index contributed by atoms with van der Waals surface area (Å²) in [5.74, 6) is 1.79. The van der Waals surface area contributed by atoms with Crippen LogP contribution in [0.3, 0.4) is 0 Å². The summed E-state index contributed by atoms with van der Waals surface area (Å²) in [6, 6.07) is 2.02. The zero-order valence-corrected chi connectivity index (χ0v) is 10.4. The molecule has 0 aromatic carbocycles. The van der Waals surface area contributed by atoms with E-state index in [-0.39, 0.29) is 0 Å². The van der Waals surface area contributed by atoms with Gasteiger partial charge in [0.15, 0.2) is 0 Å². The van der Waals surface area contributed by atoms with E-state index in [0.29, 0.717) is 6.61 Å². The van der Waals surface area contributed by atoms with Gasteiger partial charge in [0.25, 0.3) is 0 Å². The summed E-state index contributed by atoms with van der Waals surface area (Å²) < 4.78 is 5.04. The molecule has 0 fully saturated rings. The number of rotatable bonds is 7. The highest BCUT2D eigenvalue weighted by molar-refractivity contribution is 5.36. The Morgan fingerprint density at radius 1 is 1.31 bits per heavy atom. The molecular formula is C12H21N3O. The molecule has 0 bridgehead atoms. The molecule has 0 saturated heterocycles. The van der Waals surface area contributed by atoms with Crippen molar-refractivity contribution in [1.82, 2.24) is 9.97 Å². The Balaban J connectivity index is 2.74. The van der Waals surface area contributed by atoms with Gasteiger partial charge in [-0.2, -0.15) is 0 Å². The summed E-state index contributed by atoms with van der Waals surface area (Å²) in [5.41, 5.74) is 1.08. The van der Waals surface area contributed by atoms with E-state index < -0.39 is 0 Å². The number of hydrogen-bond acceptors (Lipinski definition) is 4. The normalized spacial score (nSPS) is 10.4. The van der Waals surface area contributed by atoms with Crippen LogP contribution in [0.1, 0.15) is 31.8 Å². The number of aryl methyl sites for hydroxylation is 1. The number of aromatic nitrogens is 2. The molecule has 1 aromatic heterocycles. The van der Waals surface area contributed by atoms with Crippen molar-refractivity contribution in [2.45, 2.75) is 33.1 Å². The van der Waals surface area contributed by atoms with E-state index in [1.165, 1.54) is 0 Å². The summed E-state index contributed by atoms with van der Waals surface area (Å²) in [5, 5.41) is 3.29. The van der Waals surface area contributed by atoms with E-state index >= 15 is 0 Å². The Hall–Kier alpha value is -1.16. The summed E-state index contributed by atoms with van der Waals surface area (Å²) in [6.07, 6.45) is 2.80. The van der Waals surface area contributed by atoms with Crippen LogP contribution in [0.5, 0.6) is 0 Å². The lowest BCUT2D eigenvalue weighted by atomic mass is 10.3. The number of nitrogens with zero attached hydrogens (tertiary/aromatic N) is 2. The van der Waals surface area contributed by atoms with Crippen LogP contribution in [-0.2, 0) is 17.6 Å². The molecule has 0 atom stereocenters. The molecule has 0 saturated carbocycles. The third-order valence-corrected chi connectivity index (χ3v) is 2.27. The molecule has 1 heterocycles. The molecule has 0 amide bonds. The Morgan fingerprint density at radius 3 is 2.75 bits per heavy atom. The average molecular weight is 223 g/mol. The van der Waals surface area contributed by atoms with Gasteiger partial charge in [0.05, 0.1) is 6.61 Å². The molecule has 0 aliphatic rings. The van der Waals surface area contributed by atoms with Crippen LogP contribution in [0.2, 0.25) is 0 Å².